The highest BCUT2D eigenvalue weighted by Crippen LogP contribution is 2.31. The van der Waals surface area contributed by atoms with E-state index in [2.05, 4.69) is 5.32 Å². The van der Waals surface area contributed by atoms with Crippen LogP contribution in [0, 0.1) is 0 Å². The number of rotatable bonds is 6. The van der Waals surface area contributed by atoms with Crippen LogP contribution in [0.4, 0.5) is 5.69 Å². The predicted molar refractivity (Wildman–Crippen MR) is 109 cm³/mol. The van der Waals surface area contributed by atoms with E-state index in [0.717, 1.165) is 4.90 Å². The number of anilines is 1. The van der Waals surface area contributed by atoms with Crippen molar-refractivity contribution in [1.29, 1.82) is 0 Å². The summed E-state index contributed by atoms with van der Waals surface area (Å²) in [4.78, 5) is 39.5. The third-order valence-corrected chi connectivity index (χ3v) is 5.71. The van der Waals surface area contributed by atoms with Crippen molar-refractivity contribution in [2.45, 2.75) is 12.5 Å². The summed E-state index contributed by atoms with van der Waals surface area (Å²) in [5.74, 6) is -0.805. The number of fused-ring (bicyclic) bond motifs is 1. The standard InChI is InChI=1S/C19H16Cl2N2O3S/c1-27-10-9-15(17(24)22-14-8-4-7-13(20)16(14)21)23-18(25)11-5-2-3-6-12(11)19(23)26/h2-8,15H,9-10H2,1H3,(H,22,24). The molecule has 0 saturated heterocycles. The molecule has 0 aliphatic carbocycles. The Bertz CT molecular complexity index is 885. The lowest BCUT2D eigenvalue weighted by Crippen LogP contribution is -2.47. The van der Waals surface area contributed by atoms with E-state index in [1.165, 1.54) is 11.8 Å². The Morgan fingerprint density at radius 3 is 2.30 bits per heavy atom. The van der Waals surface area contributed by atoms with Gasteiger partial charge < -0.3 is 5.32 Å². The molecule has 5 nitrogen and oxygen atoms in total. The molecule has 2 aromatic carbocycles. The van der Waals surface area contributed by atoms with Crippen molar-refractivity contribution < 1.29 is 14.4 Å². The minimum absolute atomic E-state index is 0.207. The van der Waals surface area contributed by atoms with Gasteiger partial charge in [0.1, 0.15) is 6.04 Å². The van der Waals surface area contributed by atoms with Crippen molar-refractivity contribution in [3.63, 3.8) is 0 Å². The molecule has 0 aromatic heterocycles. The lowest BCUT2D eigenvalue weighted by molar-refractivity contribution is -0.120. The maximum Gasteiger partial charge on any atom is 0.262 e. The number of imide groups is 1. The molecule has 1 unspecified atom stereocenters. The first-order valence-electron chi connectivity index (χ1n) is 8.16. The molecule has 0 spiro atoms. The maximum atomic E-state index is 12.9. The second-order valence-electron chi connectivity index (χ2n) is 5.91. The average molecular weight is 423 g/mol. The predicted octanol–water partition coefficient (Wildman–Crippen LogP) is 4.35. The zero-order valence-corrected chi connectivity index (χ0v) is 16.7. The summed E-state index contributed by atoms with van der Waals surface area (Å²) in [5.41, 5.74) is 0.954. The smallest absolute Gasteiger partial charge is 0.262 e. The molecule has 1 heterocycles. The highest BCUT2D eigenvalue weighted by Gasteiger charge is 2.42. The van der Waals surface area contributed by atoms with E-state index in [1.54, 1.807) is 42.5 Å². The van der Waals surface area contributed by atoms with Crippen LogP contribution in [0.3, 0.4) is 0 Å². The molecule has 2 aromatic rings. The Kier molecular flexibility index (Phi) is 6.09. The summed E-state index contributed by atoms with van der Waals surface area (Å²) in [6.45, 7) is 0. The summed E-state index contributed by atoms with van der Waals surface area (Å²) in [5, 5.41) is 3.20. The van der Waals surface area contributed by atoms with E-state index in [4.69, 9.17) is 23.2 Å². The highest BCUT2D eigenvalue weighted by molar-refractivity contribution is 7.98. The van der Waals surface area contributed by atoms with Gasteiger partial charge in [0.2, 0.25) is 5.91 Å². The third-order valence-electron chi connectivity index (χ3n) is 4.24. The summed E-state index contributed by atoms with van der Waals surface area (Å²) in [7, 11) is 0. The van der Waals surface area contributed by atoms with Crippen LogP contribution in [0.1, 0.15) is 27.1 Å². The SMILES string of the molecule is CSCCC(C(=O)Nc1cccc(Cl)c1Cl)N1C(=O)c2ccccc2C1=O. The zero-order valence-electron chi connectivity index (χ0n) is 14.4. The second-order valence-corrected chi connectivity index (χ2v) is 7.68. The van der Waals surface area contributed by atoms with Gasteiger partial charge in [0.25, 0.3) is 11.8 Å². The molecular formula is C19H16Cl2N2O3S. The van der Waals surface area contributed by atoms with Crippen LogP contribution >= 0.6 is 35.0 Å². The fourth-order valence-electron chi connectivity index (χ4n) is 2.91. The molecule has 0 fully saturated rings. The molecule has 1 N–H and O–H groups in total. The normalized spacial score (nSPS) is 14.3. The number of nitrogens with one attached hydrogen (secondary N) is 1. The quantitative estimate of drug-likeness (QED) is 0.702. The van der Waals surface area contributed by atoms with Gasteiger partial charge in [0.05, 0.1) is 26.9 Å². The van der Waals surface area contributed by atoms with E-state index >= 15 is 0 Å². The van der Waals surface area contributed by atoms with Gasteiger partial charge >= 0.3 is 0 Å². The topological polar surface area (TPSA) is 66.5 Å². The van der Waals surface area contributed by atoms with Crippen LogP contribution in [0.5, 0.6) is 0 Å². The third kappa shape index (κ3) is 3.83. The molecule has 3 rings (SSSR count). The summed E-state index contributed by atoms with van der Waals surface area (Å²) >= 11 is 13.7. The summed E-state index contributed by atoms with van der Waals surface area (Å²) < 4.78 is 0. The molecule has 3 amide bonds. The van der Waals surface area contributed by atoms with Crippen molar-refractivity contribution in [2.24, 2.45) is 0 Å². The fraction of sp³-hybridized carbons (Fsp3) is 0.211. The van der Waals surface area contributed by atoms with Crippen molar-refractivity contribution in [1.82, 2.24) is 4.90 Å². The minimum Gasteiger partial charge on any atom is -0.323 e. The van der Waals surface area contributed by atoms with E-state index in [9.17, 15) is 14.4 Å². The van der Waals surface area contributed by atoms with Gasteiger partial charge in [-0.1, -0.05) is 41.4 Å². The Hall–Kier alpha value is -2.02. The van der Waals surface area contributed by atoms with Crippen molar-refractivity contribution in [3.8, 4) is 0 Å². The summed E-state index contributed by atoms with van der Waals surface area (Å²) in [6.07, 6.45) is 2.22. The van der Waals surface area contributed by atoms with Crippen LogP contribution in [0.25, 0.3) is 0 Å². The summed E-state index contributed by atoms with van der Waals surface area (Å²) in [6, 6.07) is 10.5. The average Bonchev–Trinajstić information content (AvgIpc) is 2.91. The van der Waals surface area contributed by atoms with E-state index in [0.29, 0.717) is 34.0 Å². The van der Waals surface area contributed by atoms with E-state index in [1.807, 2.05) is 6.26 Å². The number of thioether (sulfide) groups is 1. The molecule has 8 heteroatoms. The second kappa shape index (κ2) is 8.33. The van der Waals surface area contributed by atoms with Crippen LogP contribution in [0.15, 0.2) is 42.5 Å². The number of benzene rings is 2. The molecule has 1 aliphatic heterocycles. The van der Waals surface area contributed by atoms with Crippen molar-refractivity contribution in [3.05, 3.63) is 63.6 Å². The van der Waals surface area contributed by atoms with Crippen LogP contribution < -0.4 is 5.32 Å². The van der Waals surface area contributed by atoms with Crippen molar-refractivity contribution >= 4 is 58.4 Å². The first-order chi connectivity index (χ1) is 13.0. The Balaban J connectivity index is 1.90. The molecule has 0 bridgehead atoms. The largest absolute Gasteiger partial charge is 0.323 e. The van der Waals surface area contributed by atoms with Gasteiger partial charge in [0, 0.05) is 0 Å². The van der Waals surface area contributed by atoms with Gasteiger partial charge in [-0.25, -0.2) is 0 Å². The number of carbonyl (C=O) groups excluding carboxylic acids is 3. The monoisotopic (exact) mass is 422 g/mol. The van der Waals surface area contributed by atoms with Gasteiger partial charge in [0.15, 0.2) is 0 Å². The molecule has 1 aliphatic rings. The zero-order chi connectivity index (χ0) is 19.6. The number of hydrogen-bond donors (Lipinski definition) is 1. The first kappa shape index (κ1) is 19.7. The Morgan fingerprint density at radius 2 is 1.70 bits per heavy atom. The van der Waals surface area contributed by atoms with Crippen LogP contribution in [-0.2, 0) is 4.79 Å². The molecule has 0 saturated carbocycles. The number of halogens is 2. The molecular weight excluding hydrogens is 407 g/mol. The van der Waals surface area contributed by atoms with E-state index < -0.39 is 23.8 Å². The van der Waals surface area contributed by atoms with Gasteiger partial charge in [-0.05, 0) is 42.7 Å². The van der Waals surface area contributed by atoms with Crippen molar-refractivity contribution in [2.75, 3.05) is 17.3 Å². The molecule has 0 radical (unpaired) electrons. The number of nitrogens with zero attached hydrogens (tertiary/aromatic N) is 1. The Labute approximate surface area is 171 Å². The number of carbonyl (C=O) groups is 3. The molecule has 140 valence electrons. The van der Waals surface area contributed by atoms with Gasteiger partial charge in [-0.15, -0.1) is 0 Å². The molecule has 27 heavy (non-hydrogen) atoms. The number of amides is 3. The highest BCUT2D eigenvalue weighted by atomic mass is 35.5. The van der Waals surface area contributed by atoms with Crippen LogP contribution in [0.2, 0.25) is 10.0 Å². The first-order valence-corrected chi connectivity index (χ1v) is 10.3. The van der Waals surface area contributed by atoms with Gasteiger partial charge in [-0.3, -0.25) is 19.3 Å². The maximum absolute atomic E-state index is 12.9. The minimum atomic E-state index is -0.945. The van der Waals surface area contributed by atoms with Crippen LogP contribution in [-0.4, -0.2) is 40.7 Å². The number of hydrogen-bond acceptors (Lipinski definition) is 4. The fourth-order valence-corrected chi connectivity index (χ4v) is 3.72. The van der Waals surface area contributed by atoms with Gasteiger partial charge in [-0.2, -0.15) is 11.8 Å². The lowest BCUT2D eigenvalue weighted by Gasteiger charge is -2.25. The Morgan fingerprint density at radius 1 is 1.07 bits per heavy atom. The van der Waals surface area contributed by atoms with E-state index in [-0.39, 0.29) is 5.02 Å². The lowest BCUT2D eigenvalue weighted by atomic mass is 10.1. The molecule has 1 atom stereocenters.